The van der Waals surface area contributed by atoms with E-state index in [1.165, 1.54) is 30.6 Å². The maximum Gasteiger partial charge on any atom is 0.338 e. The van der Waals surface area contributed by atoms with E-state index >= 15 is 0 Å². The zero-order chi connectivity index (χ0) is 17.6. The minimum absolute atomic E-state index is 0.213. The highest BCUT2D eigenvalue weighted by molar-refractivity contribution is 8.17. The van der Waals surface area contributed by atoms with Gasteiger partial charge in [-0.05, 0) is 50.3 Å². The monoisotopic (exact) mass is 374 g/mol. The molecule has 0 radical (unpaired) electrons. The lowest BCUT2D eigenvalue weighted by atomic mass is 9.92. The van der Waals surface area contributed by atoms with E-state index in [4.69, 9.17) is 21.3 Å². The van der Waals surface area contributed by atoms with Crippen molar-refractivity contribution in [1.29, 1.82) is 0 Å². The number of hydrogen-bond acceptors (Lipinski definition) is 5. The molecule has 1 unspecified atom stereocenters. The van der Waals surface area contributed by atoms with E-state index < -0.39 is 0 Å². The third-order valence-corrected chi connectivity index (χ3v) is 6.29. The van der Waals surface area contributed by atoms with Crippen LogP contribution in [0.25, 0.3) is 0 Å². The molecular formula is C19H19ClN2O2S. The Morgan fingerprint density at radius 1 is 1.28 bits per heavy atom. The number of esters is 1. The van der Waals surface area contributed by atoms with Gasteiger partial charge in [0.1, 0.15) is 0 Å². The zero-order valence-electron chi connectivity index (χ0n) is 14.2. The summed E-state index contributed by atoms with van der Waals surface area (Å²) < 4.78 is 5.08. The molecule has 4 nitrogen and oxygen atoms in total. The van der Waals surface area contributed by atoms with E-state index in [2.05, 4.69) is 4.90 Å². The molecule has 0 fully saturated rings. The number of allylic oxidation sites excluding steroid dienone is 3. The molecule has 0 N–H and O–H groups in total. The van der Waals surface area contributed by atoms with E-state index in [0.717, 1.165) is 29.3 Å². The lowest BCUT2D eigenvalue weighted by Crippen LogP contribution is -2.36. The van der Waals surface area contributed by atoms with Crippen LogP contribution < -0.4 is 0 Å². The van der Waals surface area contributed by atoms with Crippen LogP contribution >= 0.6 is 23.4 Å². The maximum atomic E-state index is 12.6. The summed E-state index contributed by atoms with van der Waals surface area (Å²) in [4.78, 5) is 20.9. The van der Waals surface area contributed by atoms with Crippen LogP contribution in [-0.4, -0.2) is 23.1 Å². The zero-order valence-corrected chi connectivity index (χ0v) is 15.8. The van der Waals surface area contributed by atoms with Gasteiger partial charge < -0.3 is 9.64 Å². The van der Waals surface area contributed by atoms with Gasteiger partial charge in [-0.15, -0.1) is 0 Å². The minimum Gasteiger partial charge on any atom is -0.466 e. The van der Waals surface area contributed by atoms with Gasteiger partial charge in [-0.1, -0.05) is 35.5 Å². The number of methoxy groups -OCH3 is 1. The first kappa shape index (κ1) is 16.7. The van der Waals surface area contributed by atoms with Crippen LogP contribution in [0.15, 0.2) is 51.1 Å². The standard InChI is InChI=1S/C19H19ClN2O2S/c1-11-16(18(23)24-2)17(12-7-9-13(20)10-8-12)22-14-5-3-4-6-15(14)25-19(22)21-11/h7-10,17H,3-6H2,1-2H3. The lowest BCUT2D eigenvalue weighted by Gasteiger charge is -2.36. The van der Waals surface area contributed by atoms with E-state index in [-0.39, 0.29) is 12.0 Å². The first-order chi connectivity index (χ1) is 12.1. The number of fused-ring (bicyclic) bond motifs is 2. The molecule has 0 aromatic heterocycles. The van der Waals surface area contributed by atoms with Gasteiger partial charge in [-0.2, -0.15) is 0 Å². The van der Waals surface area contributed by atoms with E-state index in [0.29, 0.717) is 10.6 Å². The summed E-state index contributed by atoms with van der Waals surface area (Å²) in [5.41, 5.74) is 3.67. The Bertz CT molecular complexity index is 826. The summed E-state index contributed by atoms with van der Waals surface area (Å²) in [6.45, 7) is 1.89. The average molecular weight is 375 g/mol. The molecule has 0 amide bonds. The topological polar surface area (TPSA) is 41.9 Å². The molecule has 0 spiro atoms. The lowest BCUT2D eigenvalue weighted by molar-refractivity contribution is -0.136. The molecule has 130 valence electrons. The number of halogens is 1. The predicted molar refractivity (Wildman–Crippen MR) is 101 cm³/mol. The molecule has 0 saturated heterocycles. The number of carbonyl (C=O) groups is 1. The molecule has 25 heavy (non-hydrogen) atoms. The van der Waals surface area contributed by atoms with Gasteiger partial charge in [0, 0.05) is 15.6 Å². The fourth-order valence-electron chi connectivity index (χ4n) is 3.70. The smallest absolute Gasteiger partial charge is 0.338 e. The van der Waals surface area contributed by atoms with Crippen molar-refractivity contribution in [2.45, 2.75) is 38.6 Å². The Hall–Kier alpha value is -1.72. The number of hydrogen-bond donors (Lipinski definition) is 0. The molecule has 0 bridgehead atoms. The quantitative estimate of drug-likeness (QED) is 0.680. The van der Waals surface area contributed by atoms with Gasteiger partial charge in [0.2, 0.25) is 0 Å². The number of thioether (sulfide) groups is 1. The second-order valence-corrected chi connectivity index (χ2v) is 7.89. The molecule has 6 heteroatoms. The summed E-state index contributed by atoms with van der Waals surface area (Å²) in [5, 5.41) is 1.65. The van der Waals surface area contributed by atoms with Gasteiger partial charge in [0.05, 0.1) is 24.4 Å². The van der Waals surface area contributed by atoms with Gasteiger partial charge in [-0.3, -0.25) is 0 Å². The van der Waals surface area contributed by atoms with Crippen LogP contribution in [0.5, 0.6) is 0 Å². The number of rotatable bonds is 2. The maximum absolute atomic E-state index is 12.6. The number of nitrogens with zero attached hydrogens (tertiary/aromatic N) is 2. The fourth-order valence-corrected chi connectivity index (χ4v) is 5.11. The number of amidine groups is 1. The van der Waals surface area contributed by atoms with Crippen molar-refractivity contribution in [1.82, 2.24) is 4.90 Å². The van der Waals surface area contributed by atoms with Gasteiger partial charge >= 0.3 is 5.97 Å². The third kappa shape index (κ3) is 2.79. The average Bonchev–Trinajstić information content (AvgIpc) is 2.98. The van der Waals surface area contributed by atoms with Crippen molar-refractivity contribution in [2.75, 3.05) is 7.11 Å². The SMILES string of the molecule is COC(=O)C1=C(C)N=C2SC3=C(CCCC3)N2C1c1ccc(Cl)cc1. The molecule has 4 rings (SSSR count). The van der Waals surface area contributed by atoms with E-state index in [9.17, 15) is 4.79 Å². The second kappa shape index (κ2) is 6.54. The van der Waals surface area contributed by atoms with Gasteiger partial charge in [0.15, 0.2) is 5.17 Å². The molecule has 1 aromatic rings. The molecule has 1 atom stereocenters. The van der Waals surface area contributed by atoms with Gasteiger partial charge in [0.25, 0.3) is 0 Å². The highest BCUT2D eigenvalue weighted by atomic mass is 35.5. The van der Waals surface area contributed by atoms with Crippen LogP contribution in [0.4, 0.5) is 0 Å². The van der Waals surface area contributed by atoms with E-state index in [1.807, 2.05) is 31.2 Å². The molecule has 0 saturated carbocycles. The minimum atomic E-state index is -0.324. The first-order valence-electron chi connectivity index (χ1n) is 8.42. The van der Waals surface area contributed by atoms with Crippen molar-refractivity contribution >= 4 is 34.5 Å². The fraction of sp³-hybridized carbons (Fsp3) is 0.368. The van der Waals surface area contributed by atoms with E-state index in [1.54, 1.807) is 11.8 Å². The highest BCUT2D eigenvalue weighted by Crippen LogP contribution is 2.50. The van der Waals surface area contributed by atoms with Crippen molar-refractivity contribution in [3.05, 3.63) is 56.7 Å². The summed E-state index contributed by atoms with van der Waals surface area (Å²) in [5.74, 6) is -0.324. The summed E-state index contributed by atoms with van der Waals surface area (Å²) in [6, 6.07) is 7.49. The number of carbonyl (C=O) groups excluding carboxylic acids is 1. The Morgan fingerprint density at radius 3 is 2.72 bits per heavy atom. The molecule has 1 aromatic carbocycles. The summed E-state index contributed by atoms with van der Waals surface area (Å²) in [7, 11) is 1.42. The van der Waals surface area contributed by atoms with Crippen LogP contribution in [0, 0.1) is 0 Å². The number of ether oxygens (including phenoxy) is 1. The number of aliphatic imine (C=N–C) groups is 1. The molecular weight excluding hydrogens is 356 g/mol. The van der Waals surface area contributed by atoms with Crippen molar-refractivity contribution in [3.63, 3.8) is 0 Å². The van der Waals surface area contributed by atoms with Crippen molar-refractivity contribution in [3.8, 4) is 0 Å². The molecule has 3 aliphatic rings. The molecule has 1 aliphatic carbocycles. The van der Waals surface area contributed by atoms with Crippen LogP contribution in [-0.2, 0) is 9.53 Å². The normalized spacial score (nSPS) is 22.6. The third-order valence-electron chi connectivity index (χ3n) is 4.88. The van der Waals surface area contributed by atoms with Gasteiger partial charge in [-0.25, -0.2) is 9.79 Å². The predicted octanol–water partition coefficient (Wildman–Crippen LogP) is 5.03. The molecule has 2 heterocycles. The second-order valence-electron chi connectivity index (χ2n) is 6.39. The summed E-state index contributed by atoms with van der Waals surface area (Å²) in [6.07, 6.45) is 4.51. The van der Waals surface area contributed by atoms with Crippen LogP contribution in [0.1, 0.15) is 44.2 Å². The largest absolute Gasteiger partial charge is 0.466 e. The summed E-state index contributed by atoms with van der Waals surface area (Å²) >= 11 is 7.82. The van der Waals surface area contributed by atoms with Crippen LogP contribution in [0.2, 0.25) is 5.02 Å². The Labute approximate surface area is 156 Å². The van der Waals surface area contributed by atoms with Crippen LogP contribution in [0.3, 0.4) is 0 Å². The Kier molecular flexibility index (Phi) is 4.38. The highest BCUT2D eigenvalue weighted by Gasteiger charge is 2.43. The van der Waals surface area contributed by atoms with Crippen molar-refractivity contribution < 1.29 is 9.53 Å². The number of benzene rings is 1. The van der Waals surface area contributed by atoms with Crippen molar-refractivity contribution in [2.24, 2.45) is 4.99 Å². The Morgan fingerprint density at radius 2 is 2.00 bits per heavy atom. The first-order valence-corrected chi connectivity index (χ1v) is 9.62. The Balaban J connectivity index is 1.87. The molecule has 2 aliphatic heterocycles.